The molecule has 3 heteroatoms. The fourth-order valence-electron chi connectivity index (χ4n) is 2.35. The minimum Gasteiger partial charge on any atom is -0.307 e. The van der Waals surface area contributed by atoms with Crippen LogP contribution in [0.2, 0.25) is 0 Å². The molecular weight excluding hydrogens is 248 g/mol. The zero-order valence-corrected chi connectivity index (χ0v) is 12.5. The monoisotopic (exact) mass is 268 g/mol. The highest BCUT2D eigenvalue weighted by atomic mass is 16.2. The average Bonchev–Trinajstić information content (AvgIpc) is 2.38. The van der Waals surface area contributed by atoms with Crippen LogP contribution >= 0.6 is 0 Å². The maximum absolute atomic E-state index is 12.6. The van der Waals surface area contributed by atoms with Crippen LogP contribution in [0.3, 0.4) is 0 Å². The standard InChI is InChI=1S/C17H20N2O/c1-5-19(15-10-12(2)9-13(3)11-15)17(20)16-8-6-7-14(4)18-16/h6-11H,5H2,1-4H3. The van der Waals surface area contributed by atoms with E-state index in [1.54, 1.807) is 11.0 Å². The molecule has 1 heterocycles. The van der Waals surface area contributed by atoms with Gasteiger partial charge in [-0.2, -0.15) is 0 Å². The number of pyridine rings is 1. The summed E-state index contributed by atoms with van der Waals surface area (Å²) in [5.74, 6) is -0.0544. The Balaban J connectivity index is 2.39. The first-order valence-corrected chi connectivity index (χ1v) is 6.85. The number of hydrogen-bond donors (Lipinski definition) is 0. The van der Waals surface area contributed by atoms with Crippen molar-refractivity contribution in [2.45, 2.75) is 27.7 Å². The van der Waals surface area contributed by atoms with Gasteiger partial charge in [-0.15, -0.1) is 0 Å². The highest BCUT2D eigenvalue weighted by molar-refractivity contribution is 6.04. The van der Waals surface area contributed by atoms with Gasteiger partial charge in [0.1, 0.15) is 5.69 Å². The molecule has 0 bridgehead atoms. The molecule has 0 aliphatic heterocycles. The molecule has 0 aliphatic carbocycles. The molecule has 2 aromatic rings. The van der Waals surface area contributed by atoms with Gasteiger partial charge < -0.3 is 4.90 Å². The summed E-state index contributed by atoms with van der Waals surface area (Å²) < 4.78 is 0. The lowest BCUT2D eigenvalue weighted by molar-refractivity contribution is 0.0983. The number of aromatic nitrogens is 1. The zero-order valence-electron chi connectivity index (χ0n) is 12.5. The predicted molar refractivity (Wildman–Crippen MR) is 82.2 cm³/mol. The SMILES string of the molecule is CCN(C(=O)c1cccc(C)n1)c1cc(C)cc(C)c1. The van der Waals surface area contributed by atoms with Gasteiger partial charge in [-0.3, -0.25) is 4.79 Å². The number of rotatable bonds is 3. The van der Waals surface area contributed by atoms with Crippen LogP contribution in [-0.2, 0) is 0 Å². The van der Waals surface area contributed by atoms with E-state index < -0.39 is 0 Å². The van der Waals surface area contributed by atoms with Crippen LogP contribution < -0.4 is 4.90 Å². The lowest BCUT2D eigenvalue weighted by atomic mass is 10.1. The molecule has 0 radical (unpaired) electrons. The highest BCUT2D eigenvalue weighted by Gasteiger charge is 2.17. The first-order valence-electron chi connectivity index (χ1n) is 6.85. The van der Waals surface area contributed by atoms with Crippen molar-refractivity contribution < 1.29 is 4.79 Å². The summed E-state index contributed by atoms with van der Waals surface area (Å²) in [6, 6.07) is 11.7. The Labute approximate surface area is 120 Å². The molecule has 1 amide bonds. The smallest absolute Gasteiger partial charge is 0.276 e. The molecule has 0 aliphatic rings. The summed E-state index contributed by atoms with van der Waals surface area (Å²) >= 11 is 0. The molecule has 1 aromatic carbocycles. The van der Waals surface area contributed by atoms with Crippen molar-refractivity contribution in [3.63, 3.8) is 0 Å². The number of carbonyl (C=O) groups excluding carboxylic acids is 1. The summed E-state index contributed by atoms with van der Waals surface area (Å²) in [6.07, 6.45) is 0. The summed E-state index contributed by atoms with van der Waals surface area (Å²) in [6.45, 7) is 8.58. The third kappa shape index (κ3) is 3.05. The van der Waals surface area contributed by atoms with Crippen LogP contribution in [0.1, 0.15) is 34.2 Å². The van der Waals surface area contributed by atoms with Crippen molar-refractivity contribution in [2.75, 3.05) is 11.4 Å². The average molecular weight is 268 g/mol. The summed E-state index contributed by atoms with van der Waals surface area (Å²) in [7, 11) is 0. The van der Waals surface area contributed by atoms with Gasteiger partial charge in [0.15, 0.2) is 0 Å². The molecule has 20 heavy (non-hydrogen) atoms. The van der Waals surface area contributed by atoms with Gasteiger partial charge in [0.2, 0.25) is 0 Å². The second-order valence-electron chi connectivity index (χ2n) is 5.06. The van der Waals surface area contributed by atoms with Crippen molar-refractivity contribution in [1.29, 1.82) is 0 Å². The number of carbonyl (C=O) groups is 1. The Bertz CT molecular complexity index is 614. The third-order valence-electron chi connectivity index (χ3n) is 3.19. The minimum atomic E-state index is -0.0544. The molecule has 0 atom stereocenters. The van der Waals surface area contributed by atoms with Gasteiger partial charge in [0.05, 0.1) is 0 Å². The van der Waals surface area contributed by atoms with Crippen molar-refractivity contribution in [3.05, 3.63) is 58.9 Å². The summed E-state index contributed by atoms with van der Waals surface area (Å²) in [4.78, 5) is 18.7. The van der Waals surface area contributed by atoms with E-state index in [9.17, 15) is 4.79 Å². The number of hydrogen-bond acceptors (Lipinski definition) is 2. The number of nitrogens with zero attached hydrogens (tertiary/aromatic N) is 2. The van der Waals surface area contributed by atoms with E-state index >= 15 is 0 Å². The van der Waals surface area contributed by atoms with Gasteiger partial charge in [0.25, 0.3) is 5.91 Å². The first kappa shape index (κ1) is 14.3. The second kappa shape index (κ2) is 5.87. The van der Waals surface area contributed by atoms with E-state index in [1.807, 2.05) is 52.0 Å². The molecule has 1 aromatic heterocycles. The van der Waals surface area contributed by atoms with E-state index in [4.69, 9.17) is 0 Å². The third-order valence-corrected chi connectivity index (χ3v) is 3.19. The van der Waals surface area contributed by atoms with Crippen LogP contribution in [0.25, 0.3) is 0 Å². The van der Waals surface area contributed by atoms with Crippen molar-refractivity contribution in [3.8, 4) is 0 Å². The molecule has 2 rings (SSSR count). The molecule has 0 fully saturated rings. The predicted octanol–water partition coefficient (Wildman–Crippen LogP) is 3.67. The number of aryl methyl sites for hydroxylation is 3. The normalized spacial score (nSPS) is 10.4. The second-order valence-corrected chi connectivity index (χ2v) is 5.06. The molecule has 3 nitrogen and oxygen atoms in total. The molecule has 104 valence electrons. The maximum atomic E-state index is 12.6. The summed E-state index contributed by atoms with van der Waals surface area (Å²) in [5.41, 5.74) is 4.59. The van der Waals surface area contributed by atoms with Crippen LogP contribution in [0.4, 0.5) is 5.69 Å². The van der Waals surface area contributed by atoms with E-state index in [1.165, 1.54) is 0 Å². The van der Waals surface area contributed by atoms with Crippen molar-refractivity contribution in [1.82, 2.24) is 4.98 Å². The lowest BCUT2D eigenvalue weighted by Gasteiger charge is -2.21. The Morgan fingerprint density at radius 2 is 1.75 bits per heavy atom. The van der Waals surface area contributed by atoms with E-state index in [2.05, 4.69) is 11.1 Å². The first-order chi connectivity index (χ1) is 9.51. The minimum absolute atomic E-state index is 0.0544. The van der Waals surface area contributed by atoms with Crippen LogP contribution in [-0.4, -0.2) is 17.4 Å². The topological polar surface area (TPSA) is 33.2 Å². The number of anilines is 1. The van der Waals surface area contributed by atoms with Gasteiger partial charge in [0, 0.05) is 17.9 Å². The van der Waals surface area contributed by atoms with Crippen LogP contribution in [0.15, 0.2) is 36.4 Å². The van der Waals surface area contributed by atoms with Gasteiger partial charge in [-0.1, -0.05) is 12.1 Å². The Morgan fingerprint density at radius 3 is 2.30 bits per heavy atom. The molecule has 0 unspecified atom stereocenters. The Hall–Kier alpha value is -2.16. The molecule has 0 saturated heterocycles. The zero-order chi connectivity index (χ0) is 14.7. The fourth-order valence-corrected chi connectivity index (χ4v) is 2.35. The molecular formula is C17H20N2O. The van der Waals surface area contributed by atoms with Gasteiger partial charge >= 0.3 is 0 Å². The number of amides is 1. The van der Waals surface area contributed by atoms with E-state index in [0.717, 1.165) is 22.5 Å². The maximum Gasteiger partial charge on any atom is 0.276 e. The van der Waals surface area contributed by atoms with Gasteiger partial charge in [-0.05, 0) is 63.1 Å². The molecule has 0 spiro atoms. The largest absolute Gasteiger partial charge is 0.307 e. The highest BCUT2D eigenvalue weighted by Crippen LogP contribution is 2.20. The van der Waals surface area contributed by atoms with Crippen LogP contribution in [0.5, 0.6) is 0 Å². The van der Waals surface area contributed by atoms with Crippen LogP contribution in [0, 0.1) is 20.8 Å². The van der Waals surface area contributed by atoms with Crippen molar-refractivity contribution in [2.24, 2.45) is 0 Å². The molecule has 0 saturated carbocycles. The lowest BCUT2D eigenvalue weighted by Crippen LogP contribution is -2.31. The Kier molecular flexibility index (Phi) is 4.18. The number of benzene rings is 1. The van der Waals surface area contributed by atoms with E-state index in [0.29, 0.717) is 12.2 Å². The molecule has 0 N–H and O–H groups in total. The van der Waals surface area contributed by atoms with E-state index in [-0.39, 0.29) is 5.91 Å². The fraction of sp³-hybridized carbons (Fsp3) is 0.294. The summed E-state index contributed by atoms with van der Waals surface area (Å²) in [5, 5.41) is 0. The van der Waals surface area contributed by atoms with Crippen molar-refractivity contribution >= 4 is 11.6 Å². The quantitative estimate of drug-likeness (QED) is 0.851. The Morgan fingerprint density at radius 1 is 1.10 bits per heavy atom. The van der Waals surface area contributed by atoms with Gasteiger partial charge in [-0.25, -0.2) is 4.98 Å².